The second-order valence-corrected chi connectivity index (χ2v) is 5.68. The molecule has 0 radical (unpaired) electrons. The molecule has 0 heterocycles. The molecule has 0 fully saturated rings. The number of hydrogen-bond donors (Lipinski definition) is 1. The summed E-state index contributed by atoms with van der Waals surface area (Å²) in [6.07, 6.45) is 0. The predicted molar refractivity (Wildman–Crippen MR) is 91.3 cm³/mol. The number of hydrogen-bond acceptors (Lipinski definition) is 3. The van der Waals surface area contributed by atoms with Gasteiger partial charge >= 0.3 is 0 Å². The average molecular weight is 385 g/mol. The van der Waals surface area contributed by atoms with E-state index in [1.54, 1.807) is 43.5 Å². The Morgan fingerprint density at radius 1 is 1.32 bits per heavy atom. The van der Waals surface area contributed by atoms with Crippen LogP contribution in [0.5, 0.6) is 11.5 Å². The molecule has 2 aromatic carbocycles. The lowest BCUT2D eigenvalue weighted by Gasteiger charge is -2.14. The van der Waals surface area contributed by atoms with E-state index in [1.165, 1.54) is 0 Å². The molecule has 0 atom stereocenters. The Morgan fingerprint density at radius 2 is 2.09 bits per heavy atom. The van der Waals surface area contributed by atoms with Crippen LogP contribution in [0, 0.1) is 0 Å². The molecule has 6 heteroatoms. The smallest absolute Gasteiger partial charge is 0.255 e. The van der Waals surface area contributed by atoms with Crippen LogP contribution in [0.1, 0.15) is 17.3 Å². The van der Waals surface area contributed by atoms with Crippen molar-refractivity contribution in [2.75, 3.05) is 19.0 Å². The number of carbonyl (C=O) groups is 1. The summed E-state index contributed by atoms with van der Waals surface area (Å²) in [5, 5.41) is 3.32. The van der Waals surface area contributed by atoms with Gasteiger partial charge in [0.25, 0.3) is 5.91 Å². The van der Waals surface area contributed by atoms with Gasteiger partial charge in [-0.1, -0.05) is 17.7 Å². The van der Waals surface area contributed by atoms with Gasteiger partial charge < -0.3 is 14.8 Å². The standard InChI is InChI=1S/C16H15BrClNO3/c1-3-22-15-13(17)8-12(9-14(15)21-2)19-16(20)10-5-4-6-11(18)7-10/h4-9H,3H2,1-2H3,(H,19,20). The molecule has 116 valence electrons. The Labute approximate surface area is 142 Å². The summed E-state index contributed by atoms with van der Waals surface area (Å²) in [6.45, 7) is 2.41. The van der Waals surface area contributed by atoms with Crippen LogP contribution in [-0.4, -0.2) is 19.6 Å². The first-order valence-corrected chi connectivity index (χ1v) is 7.79. The number of nitrogens with one attached hydrogen (secondary N) is 1. The molecule has 0 unspecified atom stereocenters. The third-order valence-corrected chi connectivity index (χ3v) is 3.69. The van der Waals surface area contributed by atoms with Gasteiger partial charge in [0.15, 0.2) is 11.5 Å². The second-order valence-electron chi connectivity index (χ2n) is 4.39. The highest BCUT2D eigenvalue weighted by Crippen LogP contribution is 2.38. The molecule has 1 amide bonds. The van der Waals surface area contributed by atoms with Crippen molar-refractivity contribution in [3.8, 4) is 11.5 Å². The molecule has 2 aromatic rings. The van der Waals surface area contributed by atoms with E-state index in [2.05, 4.69) is 21.2 Å². The molecular formula is C16H15BrClNO3. The minimum absolute atomic E-state index is 0.249. The minimum Gasteiger partial charge on any atom is -0.493 e. The van der Waals surface area contributed by atoms with E-state index in [4.69, 9.17) is 21.1 Å². The van der Waals surface area contributed by atoms with Gasteiger partial charge in [0.2, 0.25) is 0 Å². The summed E-state index contributed by atoms with van der Waals surface area (Å²) in [4.78, 5) is 12.2. The van der Waals surface area contributed by atoms with Crippen LogP contribution in [0.25, 0.3) is 0 Å². The molecule has 2 rings (SSSR count). The first-order chi connectivity index (χ1) is 10.5. The average Bonchev–Trinajstić information content (AvgIpc) is 2.49. The van der Waals surface area contributed by atoms with Gasteiger partial charge in [-0.15, -0.1) is 0 Å². The molecule has 1 N–H and O–H groups in total. The van der Waals surface area contributed by atoms with Crippen molar-refractivity contribution >= 4 is 39.1 Å². The van der Waals surface area contributed by atoms with Gasteiger partial charge in [0.05, 0.1) is 18.2 Å². The first-order valence-electron chi connectivity index (χ1n) is 6.62. The fraction of sp³-hybridized carbons (Fsp3) is 0.188. The molecule has 0 saturated carbocycles. The first kappa shape index (κ1) is 16.6. The molecule has 0 aliphatic heterocycles. The fourth-order valence-electron chi connectivity index (χ4n) is 1.91. The van der Waals surface area contributed by atoms with E-state index in [9.17, 15) is 4.79 Å². The Balaban J connectivity index is 2.26. The van der Waals surface area contributed by atoms with E-state index in [0.29, 0.717) is 38.9 Å². The molecule has 0 spiro atoms. The third-order valence-electron chi connectivity index (χ3n) is 2.86. The van der Waals surface area contributed by atoms with Gasteiger partial charge in [-0.25, -0.2) is 0 Å². The lowest BCUT2D eigenvalue weighted by atomic mass is 10.2. The van der Waals surface area contributed by atoms with E-state index in [-0.39, 0.29) is 5.91 Å². The number of carbonyl (C=O) groups excluding carboxylic acids is 1. The number of ether oxygens (including phenoxy) is 2. The van der Waals surface area contributed by atoms with Crippen molar-refractivity contribution in [1.82, 2.24) is 0 Å². The molecule has 0 aliphatic carbocycles. The number of rotatable bonds is 5. The van der Waals surface area contributed by atoms with Gasteiger partial charge in [0, 0.05) is 22.3 Å². The number of methoxy groups -OCH3 is 1. The highest BCUT2D eigenvalue weighted by molar-refractivity contribution is 9.10. The van der Waals surface area contributed by atoms with Crippen molar-refractivity contribution in [3.05, 3.63) is 51.5 Å². The number of amides is 1. The number of benzene rings is 2. The van der Waals surface area contributed by atoms with E-state index in [0.717, 1.165) is 0 Å². The zero-order valence-electron chi connectivity index (χ0n) is 12.2. The quantitative estimate of drug-likeness (QED) is 0.808. The molecule has 0 saturated heterocycles. The summed E-state index contributed by atoms with van der Waals surface area (Å²) >= 11 is 9.32. The van der Waals surface area contributed by atoms with Crippen LogP contribution in [0.15, 0.2) is 40.9 Å². The number of anilines is 1. The van der Waals surface area contributed by atoms with Crippen LogP contribution in [0.3, 0.4) is 0 Å². The Morgan fingerprint density at radius 3 is 2.73 bits per heavy atom. The van der Waals surface area contributed by atoms with Crippen molar-refractivity contribution in [2.45, 2.75) is 6.92 Å². The maximum Gasteiger partial charge on any atom is 0.255 e. The van der Waals surface area contributed by atoms with Gasteiger partial charge in [-0.05, 0) is 47.1 Å². The zero-order chi connectivity index (χ0) is 16.1. The predicted octanol–water partition coefficient (Wildman–Crippen LogP) is 4.76. The second kappa shape index (κ2) is 7.51. The summed E-state index contributed by atoms with van der Waals surface area (Å²) in [5.74, 6) is 0.893. The van der Waals surface area contributed by atoms with Gasteiger partial charge in [-0.3, -0.25) is 4.79 Å². The molecule has 22 heavy (non-hydrogen) atoms. The van der Waals surface area contributed by atoms with Gasteiger partial charge in [0.1, 0.15) is 0 Å². The Kier molecular flexibility index (Phi) is 5.69. The van der Waals surface area contributed by atoms with Gasteiger partial charge in [-0.2, -0.15) is 0 Å². The topological polar surface area (TPSA) is 47.6 Å². The Bertz CT molecular complexity index is 691. The lowest BCUT2D eigenvalue weighted by molar-refractivity contribution is 0.102. The minimum atomic E-state index is -0.249. The molecule has 0 aliphatic rings. The summed E-state index contributed by atoms with van der Waals surface area (Å²) < 4.78 is 11.5. The van der Waals surface area contributed by atoms with Crippen LogP contribution < -0.4 is 14.8 Å². The van der Waals surface area contributed by atoms with E-state index >= 15 is 0 Å². The van der Waals surface area contributed by atoms with Crippen LogP contribution in [0.4, 0.5) is 5.69 Å². The largest absolute Gasteiger partial charge is 0.493 e. The normalized spacial score (nSPS) is 10.2. The summed E-state index contributed by atoms with van der Waals surface area (Å²) in [6, 6.07) is 10.2. The SMILES string of the molecule is CCOc1c(Br)cc(NC(=O)c2cccc(Cl)c2)cc1OC. The highest BCUT2D eigenvalue weighted by Gasteiger charge is 2.13. The summed E-state index contributed by atoms with van der Waals surface area (Å²) in [7, 11) is 1.55. The molecular weight excluding hydrogens is 370 g/mol. The van der Waals surface area contributed by atoms with E-state index in [1.807, 2.05) is 6.92 Å². The van der Waals surface area contributed by atoms with Crippen LogP contribution in [0.2, 0.25) is 5.02 Å². The van der Waals surface area contributed by atoms with Crippen molar-refractivity contribution < 1.29 is 14.3 Å². The third kappa shape index (κ3) is 3.93. The van der Waals surface area contributed by atoms with Crippen LogP contribution >= 0.6 is 27.5 Å². The molecule has 0 aromatic heterocycles. The maximum absolute atomic E-state index is 12.2. The molecule has 4 nitrogen and oxygen atoms in total. The van der Waals surface area contributed by atoms with E-state index < -0.39 is 0 Å². The van der Waals surface area contributed by atoms with Crippen molar-refractivity contribution in [1.29, 1.82) is 0 Å². The molecule has 0 bridgehead atoms. The van der Waals surface area contributed by atoms with Crippen molar-refractivity contribution in [2.24, 2.45) is 0 Å². The zero-order valence-corrected chi connectivity index (χ0v) is 14.5. The highest BCUT2D eigenvalue weighted by atomic mass is 79.9. The monoisotopic (exact) mass is 383 g/mol. The van der Waals surface area contributed by atoms with Crippen molar-refractivity contribution in [3.63, 3.8) is 0 Å². The maximum atomic E-state index is 12.2. The van der Waals surface area contributed by atoms with Crippen LogP contribution in [-0.2, 0) is 0 Å². The fourth-order valence-corrected chi connectivity index (χ4v) is 2.66. The summed E-state index contributed by atoms with van der Waals surface area (Å²) in [5.41, 5.74) is 1.08. The number of halogens is 2. The lowest BCUT2D eigenvalue weighted by Crippen LogP contribution is -2.12. The Hall–Kier alpha value is -1.72.